The lowest BCUT2D eigenvalue weighted by atomic mass is 9.68. The number of hydrogen-bond donors (Lipinski definition) is 1. The maximum Gasteiger partial charge on any atom is 0.235 e. The van der Waals surface area contributed by atoms with Gasteiger partial charge in [-0.05, 0) is 81.0 Å². The Balaban J connectivity index is 1.92. The Morgan fingerprint density at radius 1 is 1.10 bits per heavy atom. The zero-order chi connectivity index (χ0) is 21.9. The van der Waals surface area contributed by atoms with Crippen LogP contribution in [0.3, 0.4) is 0 Å². The van der Waals surface area contributed by atoms with Crippen LogP contribution in [0, 0.1) is 13.8 Å². The van der Waals surface area contributed by atoms with Gasteiger partial charge in [0.1, 0.15) is 5.75 Å². The fourth-order valence-electron chi connectivity index (χ4n) is 4.40. The predicted octanol–water partition coefficient (Wildman–Crippen LogP) is 7.63. The van der Waals surface area contributed by atoms with Gasteiger partial charge in [0.25, 0.3) is 0 Å². The molecule has 0 unspecified atom stereocenters. The molecule has 162 valence electrons. The second kappa shape index (κ2) is 9.62. The maximum atomic E-state index is 13.6. The lowest BCUT2D eigenvalue weighted by molar-refractivity contribution is -0.122. The SMILES string of the molecule is CC[C@@H](C)Oc1c(C)cc(NC(=O)C2(c3ccc(Cl)cc3Cl)CCCCC2)cc1C. The first-order chi connectivity index (χ1) is 14.3. The normalized spacial score (nSPS) is 16.7. The smallest absolute Gasteiger partial charge is 0.235 e. The molecule has 0 aromatic heterocycles. The van der Waals surface area contributed by atoms with Crippen molar-refractivity contribution in [2.24, 2.45) is 0 Å². The highest BCUT2D eigenvalue weighted by Crippen LogP contribution is 2.44. The Labute approximate surface area is 190 Å². The fourth-order valence-corrected chi connectivity index (χ4v) is 4.98. The summed E-state index contributed by atoms with van der Waals surface area (Å²) in [6, 6.07) is 9.44. The van der Waals surface area contributed by atoms with Crippen LogP contribution < -0.4 is 10.1 Å². The molecule has 30 heavy (non-hydrogen) atoms. The molecule has 2 aromatic rings. The van der Waals surface area contributed by atoms with E-state index < -0.39 is 5.41 Å². The summed E-state index contributed by atoms with van der Waals surface area (Å²) in [6.45, 7) is 8.21. The van der Waals surface area contributed by atoms with E-state index in [0.717, 1.165) is 66.7 Å². The van der Waals surface area contributed by atoms with Crippen molar-refractivity contribution in [1.29, 1.82) is 0 Å². The lowest BCUT2D eigenvalue weighted by Crippen LogP contribution is -2.42. The maximum absolute atomic E-state index is 13.6. The zero-order valence-corrected chi connectivity index (χ0v) is 19.8. The molecule has 0 aliphatic heterocycles. The third-order valence-corrected chi connectivity index (χ3v) is 6.75. The summed E-state index contributed by atoms with van der Waals surface area (Å²) >= 11 is 12.7. The summed E-state index contributed by atoms with van der Waals surface area (Å²) in [4.78, 5) is 13.6. The molecular weight excluding hydrogens is 417 g/mol. The molecule has 1 N–H and O–H groups in total. The van der Waals surface area contributed by atoms with Crippen molar-refractivity contribution in [2.75, 3.05) is 5.32 Å². The quantitative estimate of drug-likeness (QED) is 0.493. The third kappa shape index (κ3) is 4.78. The van der Waals surface area contributed by atoms with Crippen molar-refractivity contribution >= 4 is 34.8 Å². The number of ether oxygens (including phenoxy) is 1. The van der Waals surface area contributed by atoms with Crippen LogP contribution in [0.2, 0.25) is 10.0 Å². The molecule has 1 aliphatic rings. The minimum atomic E-state index is -0.631. The Bertz CT molecular complexity index is 896. The molecule has 0 radical (unpaired) electrons. The first-order valence-electron chi connectivity index (χ1n) is 10.8. The highest BCUT2D eigenvalue weighted by Gasteiger charge is 2.42. The van der Waals surface area contributed by atoms with Gasteiger partial charge in [-0.15, -0.1) is 0 Å². The topological polar surface area (TPSA) is 38.3 Å². The summed E-state index contributed by atoms with van der Waals surface area (Å²) < 4.78 is 6.07. The lowest BCUT2D eigenvalue weighted by Gasteiger charge is -2.37. The van der Waals surface area contributed by atoms with Gasteiger partial charge >= 0.3 is 0 Å². The largest absolute Gasteiger partial charge is 0.490 e. The number of amides is 1. The van der Waals surface area contributed by atoms with Gasteiger partial charge in [0.05, 0.1) is 11.5 Å². The number of anilines is 1. The minimum absolute atomic E-state index is 0.000757. The van der Waals surface area contributed by atoms with Crippen molar-refractivity contribution in [2.45, 2.75) is 77.7 Å². The molecule has 1 fully saturated rings. The Kier molecular flexibility index (Phi) is 7.36. The third-order valence-electron chi connectivity index (χ3n) is 6.20. The molecule has 1 aliphatic carbocycles. The van der Waals surface area contributed by atoms with Crippen molar-refractivity contribution in [3.05, 3.63) is 57.1 Å². The number of aryl methyl sites for hydroxylation is 2. The molecule has 1 amide bonds. The van der Waals surface area contributed by atoms with E-state index in [1.807, 2.05) is 38.1 Å². The summed E-state index contributed by atoms with van der Waals surface area (Å²) in [7, 11) is 0. The zero-order valence-electron chi connectivity index (χ0n) is 18.3. The molecule has 1 saturated carbocycles. The van der Waals surface area contributed by atoms with Crippen LogP contribution in [-0.2, 0) is 10.2 Å². The van der Waals surface area contributed by atoms with E-state index in [9.17, 15) is 4.79 Å². The van der Waals surface area contributed by atoms with Gasteiger partial charge in [-0.3, -0.25) is 4.79 Å². The van der Waals surface area contributed by atoms with Gasteiger partial charge in [-0.2, -0.15) is 0 Å². The second-order valence-electron chi connectivity index (χ2n) is 8.50. The van der Waals surface area contributed by atoms with Crippen LogP contribution in [0.4, 0.5) is 5.69 Å². The number of rotatable bonds is 6. The summed E-state index contributed by atoms with van der Waals surface area (Å²) in [5, 5.41) is 4.32. The molecule has 3 rings (SSSR count). The Hall–Kier alpha value is -1.71. The van der Waals surface area contributed by atoms with Crippen LogP contribution in [0.1, 0.15) is 69.1 Å². The summed E-state index contributed by atoms with van der Waals surface area (Å²) in [6.07, 6.45) is 5.82. The average Bonchev–Trinajstić information content (AvgIpc) is 2.71. The highest BCUT2D eigenvalue weighted by atomic mass is 35.5. The summed E-state index contributed by atoms with van der Waals surface area (Å²) in [5.41, 5.74) is 3.08. The van der Waals surface area contributed by atoms with Crippen LogP contribution in [-0.4, -0.2) is 12.0 Å². The van der Waals surface area contributed by atoms with E-state index in [1.54, 1.807) is 6.07 Å². The van der Waals surface area contributed by atoms with E-state index >= 15 is 0 Å². The van der Waals surface area contributed by atoms with E-state index in [2.05, 4.69) is 19.2 Å². The molecule has 0 spiro atoms. The molecule has 1 atom stereocenters. The molecule has 0 saturated heterocycles. The highest BCUT2D eigenvalue weighted by molar-refractivity contribution is 6.35. The van der Waals surface area contributed by atoms with E-state index in [4.69, 9.17) is 27.9 Å². The van der Waals surface area contributed by atoms with Gasteiger partial charge in [0.2, 0.25) is 5.91 Å². The van der Waals surface area contributed by atoms with Gasteiger partial charge in [0, 0.05) is 15.7 Å². The standard InChI is InChI=1S/C25H31Cl2NO2/c1-5-18(4)30-23-16(2)13-20(14-17(23)3)28-24(29)25(11-7-6-8-12-25)21-10-9-19(26)15-22(21)27/h9-10,13-15,18H,5-8,11-12H2,1-4H3,(H,28,29)/t18-/m1/s1. The predicted molar refractivity (Wildman–Crippen MR) is 126 cm³/mol. The molecule has 0 heterocycles. The monoisotopic (exact) mass is 447 g/mol. The van der Waals surface area contributed by atoms with Crippen LogP contribution in [0.25, 0.3) is 0 Å². The fraction of sp³-hybridized carbons (Fsp3) is 0.480. The van der Waals surface area contributed by atoms with Gasteiger partial charge in [0.15, 0.2) is 0 Å². The Morgan fingerprint density at radius 3 is 2.30 bits per heavy atom. The van der Waals surface area contributed by atoms with E-state index in [1.165, 1.54) is 0 Å². The first-order valence-corrected chi connectivity index (χ1v) is 11.6. The molecule has 3 nitrogen and oxygen atoms in total. The number of nitrogens with one attached hydrogen (secondary N) is 1. The van der Waals surface area contributed by atoms with E-state index in [-0.39, 0.29) is 12.0 Å². The van der Waals surface area contributed by atoms with Crippen LogP contribution >= 0.6 is 23.2 Å². The van der Waals surface area contributed by atoms with E-state index in [0.29, 0.717) is 10.0 Å². The summed E-state index contributed by atoms with van der Waals surface area (Å²) in [5.74, 6) is 0.899. The average molecular weight is 448 g/mol. The van der Waals surface area contributed by atoms with Gasteiger partial charge in [-0.1, -0.05) is 55.5 Å². The van der Waals surface area contributed by atoms with Crippen LogP contribution in [0.15, 0.2) is 30.3 Å². The molecular formula is C25H31Cl2NO2. The van der Waals surface area contributed by atoms with Crippen molar-refractivity contribution in [3.63, 3.8) is 0 Å². The minimum Gasteiger partial charge on any atom is -0.490 e. The van der Waals surface area contributed by atoms with Crippen molar-refractivity contribution in [3.8, 4) is 5.75 Å². The molecule has 0 bridgehead atoms. The number of benzene rings is 2. The van der Waals surface area contributed by atoms with Crippen LogP contribution in [0.5, 0.6) is 5.75 Å². The first kappa shape index (κ1) is 23.0. The van der Waals surface area contributed by atoms with Crippen molar-refractivity contribution < 1.29 is 9.53 Å². The molecule has 5 heteroatoms. The number of carbonyl (C=O) groups excluding carboxylic acids is 1. The second-order valence-corrected chi connectivity index (χ2v) is 9.34. The number of carbonyl (C=O) groups is 1. The van der Waals surface area contributed by atoms with Gasteiger partial charge in [-0.25, -0.2) is 0 Å². The van der Waals surface area contributed by atoms with Gasteiger partial charge < -0.3 is 10.1 Å². The number of hydrogen-bond acceptors (Lipinski definition) is 2. The van der Waals surface area contributed by atoms with Crippen molar-refractivity contribution in [1.82, 2.24) is 0 Å². The number of halogens is 2. The Morgan fingerprint density at radius 2 is 1.73 bits per heavy atom. The molecule has 2 aromatic carbocycles.